The van der Waals surface area contributed by atoms with E-state index in [0.29, 0.717) is 13.0 Å². The second kappa shape index (κ2) is 9.28. The number of carbonyl (C=O) groups excluding carboxylic acids is 1. The van der Waals surface area contributed by atoms with Gasteiger partial charge in [0.1, 0.15) is 11.5 Å². The van der Waals surface area contributed by atoms with E-state index in [0.717, 1.165) is 48.4 Å². The summed E-state index contributed by atoms with van der Waals surface area (Å²) in [4.78, 5) is 15.1. The van der Waals surface area contributed by atoms with Gasteiger partial charge in [-0.1, -0.05) is 31.0 Å². The molecule has 2 aliphatic rings. The lowest BCUT2D eigenvalue weighted by Gasteiger charge is -2.52. The zero-order chi connectivity index (χ0) is 21.8. The molecule has 1 saturated heterocycles. The minimum atomic E-state index is -0.674. The van der Waals surface area contributed by atoms with Gasteiger partial charge in [0.2, 0.25) is 5.91 Å². The summed E-state index contributed by atoms with van der Waals surface area (Å²) in [6, 6.07) is 15.3. The molecule has 1 aliphatic heterocycles. The maximum absolute atomic E-state index is 12.9. The number of carbonyl (C=O) groups is 1. The first-order valence-electron chi connectivity index (χ1n) is 11.1. The molecular formula is C25H32N2O4. The lowest BCUT2D eigenvalue weighted by molar-refractivity contribution is -0.135. The molecule has 31 heavy (non-hydrogen) atoms. The van der Waals surface area contributed by atoms with Gasteiger partial charge in [0, 0.05) is 29.8 Å². The highest BCUT2D eigenvalue weighted by Gasteiger charge is 2.49. The third-order valence-electron chi connectivity index (χ3n) is 6.85. The predicted octanol–water partition coefficient (Wildman–Crippen LogP) is 4.01. The molecule has 0 spiro atoms. The Kier molecular flexibility index (Phi) is 6.49. The maximum atomic E-state index is 12.9. The van der Waals surface area contributed by atoms with Gasteiger partial charge in [0.25, 0.3) is 0 Å². The lowest BCUT2D eigenvalue weighted by atomic mass is 9.66. The van der Waals surface area contributed by atoms with E-state index in [-0.39, 0.29) is 24.4 Å². The molecule has 3 atom stereocenters. The molecule has 0 radical (unpaired) electrons. The molecule has 2 aromatic carbocycles. The monoisotopic (exact) mass is 424 g/mol. The number of fused-ring (bicyclic) bond motifs is 1. The fourth-order valence-electron chi connectivity index (χ4n) is 5.30. The Bertz CT molecular complexity index is 901. The maximum Gasteiger partial charge on any atom is 0.238 e. The standard InChI is InChI=1S/C25H32N2O4/c1-30-19-12-10-18(11-13-19)26-23(28)17-27-16-15-25(29)14-6-5-8-21(25)24(27)20-7-3-4-9-22(20)31-2/h3-4,7,9-13,21,24,29H,5-6,8,14-17H2,1-2H3,(H,26,28)/t21-,24+,25-/m1/s1. The first-order valence-corrected chi connectivity index (χ1v) is 11.1. The van der Waals surface area contributed by atoms with Crippen LogP contribution in [0.5, 0.6) is 11.5 Å². The highest BCUT2D eigenvalue weighted by Crippen LogP contribution is 2.50. The highest BCUT2D eigenvalue weighted by atomic mass is 16.5. The molecule has 166 valence electrons. The minimum Gasteiger partial charge on any atom is -0.497 e. The summed E-state index contributed by atoms with van der Waals surface area (Å²) in [5.74, 6) is 1.58. The van der Waals surface area contributed by atoms with Crippen LogP contribution < -0.4 is 14.8 Å². The van der Waals surface area contributed by atoms with Crippen molar-refractivity contribution in [3.8, 4) is 11.5 Å². The molecule has 6 nitrogen and oxygen atoms in total. The van der Waals surface area contributed by atoms with E-state index >= 15 is 0 Å². The fourth-order valence-corrected chi connectivity index (χ4v) is 5.30. The van der Waals surface area contributed by atoms with Gasteiger partial charge in [0.15, 0.2) is 0 Å². The number of hydrogen-bond donors (Lipinski definition) is 2. The van der Waals surface area contributed by atoms with Crippen molar-refractivity contribution >= 4 is 11.6 Å². The molecule has 0 bridgehead atoms. The van der Waals surface area contributed by atoms with Crippen LogP contribution in [-0.4, -0.2) is 48.8 Å². The van der Waals surface area contributed by atoms with Gasteiger partial charge >= 0.3 is 0 Å². The van der Waals surface area contributed by atoms with Crippen LogP contribution in [0.2, 0.25) is 0 Å². The van der Waals surface area contributed by atoms with Crippen LogP contribution in [0, 0.1) is 5.92 Å². The average molecular weight is 425 g/mol. The fraction of sp³-hybridized carbons (Fsp3) is 0.480. The molecule has 0 unspecified atom stereocenters. The van der Waals surface area contributed by atoms with E-state index in [1.54, 1.807) is 14.2 Å². The topological polar surface area (TPSA) is 71.0 Å². The quantitative estimate of drug-likeness (QED) is 0.733. The number of ether oxygens (including phenoxy) is 2. The number of benzene rings is 2. The van der Waals surface area contributed by atoms with Crippen molar-refractivity contribution < 1.29 is 19.4 Å². The average Bonchev–Trinajstić information content (AvgIpc) is 2.79. The largest absolute Gasteiger partial charge is 0.497 e. The summed E-state index contributed by atoms with van der Waals surface area (Å²) in [5, 5.41) is 14.4. The van der Waals surface area contributed by atoms with Crippen LogP contribution in [0.25, 0.3) is 0 Å². The summed E-state index contributed by atoms with van der Waals surface area (Å²) >= 11 is 0. The Hall–Kier alpha value is -2.57. The number of methoxy groups -OCH3 is 2. The van der Waals surface area contributed by atoms with Crippen molar-refractivity contribution in [1.29, 1.82) is 0 Å². The van der Waals surface area contributed by atoms with E-state index in [9.17, 15) is 9.90 Å². The van der Waals surface area contributed by atoms with Crippen molar-refractivity contribution in [3.63, 3.8) is 0 Å². The van der Waals surface area contributed by atoms with Gasteiger partial charge in [-0.15, -0.1) is 0 Å². The zero-order valence-electron chi connectivity index (χ0n) is 18.3. The van der Waals surface area contributed by atoms with Gasteiger partial charge in [-0.2, -0.15) is 0 Å². The molecule has 1 saturated carbocycles. The molecule has 6 heteroatoms. The van der Waals surface area contributed by atoms with Crippen molar-refractivity contribution in [2.75, 3.05) is 32.6 Å². The Morgan fingerprint density at radius 2 is 1.87 bits per heavy atom. The second-order valence-electron chi connectivity index (χ2n) is 8.64. The van der Waals surface area contributed by atoms with E-state index < -0.39 is 5.60 Å². The number of piperidine rings is 1. The number of likely N-dealkylation sites (tertiary alicyclic amines) is 1. The molecule has 2 fully saturated rings. The number of aliphatic hydroxyl groups is 1. The van der Waals surface area contributed by atoms with Crippen LogP contribution in [0.15, 0.2) is 48.5 Å². The first kappa shape index (κ1) is 21.7. The van der Waals surface area contributed by atoms with E-state index in [1.165, 1.54) is 0 Å². The SMILES string of the molecule is COc1ccc(NC(=O)CN2CC[C@]3(O)CCCC[C@@H]3[C@@H]2c2ccccc2OC)cc1. The second-order valence-corrected chi connectivity index (χ2v) is 8.64. The normalized spacial score (nSPS) is 26.0. The molecule has 1 amide bonds. The molecule has 0 aromatic heterocycles. The van der Waals surface area contributed by atoms with Crippen LogP contribution in [-0.2, 0) is 4.79 Å². The number of anilines is 1. The van der Waals surface area contributed by atoms with Crippen LogP contribution >= 0.6 is 0 Å². The number of hydrogen-bond acceptors (Lipinski definition) is 5. The minimum absolute atomic E-state index is 0.0585. The summed E-state index contributed by atoms with van der Waals surface area (Å²) in [7, 11) is 3.30. The number of nitrogens with one attached hydrogen (secondary N) is 1. The van der Waals surface area contributed by atoms with Crippen molar-refractivity contribution in [3.05, 3.63) is 54.1 Å². The lowest BCUT2D eigenvalue weighted by Crippen LogP contribution is -2.56. The summed E-state index contributed by atoms with van der Waals surface area (Å²) in [6.45, 7) is 0.938. The molecule has 4 rings (SSSR count). The summed E-state index contributed by atoms with van der Waals surface area (Å²) in [5.41, 5.74) is 1.12. The Balaban J connectivity index is 1.57. The number of para-hydroxylation sites is 1. The van der Waals surface area contributed by atoms with Gasteiger partial charge in [-0.25, -0.2) is 0 Å². The molecule has 2 N–H and O–H groups in total. The van der Waals surface area contributed by atoms with E-state index in [4.69, 9.17) is 9.47 Å². The van der Waals surface area contributed by atoms with Crippen molar-refractivity contribution in [1.82, 2.24) is 4.90 Å². The van der Waals surface area contributed by atoms with Crippen LogP contribution in [0.3, 0.4) is 0 Å². The molecule has 1 aliphatic carbocycles. The third-order valence-corrected chi connectivity index (χ3v) is 6.85. The van der Waals surface area contributed by atoms with Crippen LogP contribution in [0.4, 0.5) is 5.69 Å². The van der Waals surface area contributed by atoms with E-state index in [1.807, 2.05) is 42.5 Å². The summed E-state index contributed by atoms with van der Waals surface area (Å²) < 4.78 is 10.8. The molecule has 2 aromatic rings. The smallest absolute Gasteiger partial charge is 0.238 e. The predicted molar refractivity (Wildman–Crippen MR) is 120 cm³/mol. The third kappa shape index (κ3) is 4.55. The number of rotatable bonds is 6. The van der Waals surface area contributed by atoms with E-state index in [2.05, 4.69) is 16.3 Å². The number of amides is 1. The molecular weight excluding hydrogens is 392 g/mol. The number of nitrogens with zero attached hydrogens (tertiary/aromatic N) is 1. The Labute approximate surface area is 184 Å². The summed E-state index contributed by atoms with van der Waals surface area (Å²) in [6.07, 6.45) is 4.64. The zero-order valence-corrected chi connectivity index (χ0v) is 18.3. The Morgan fingerprint density at radius 3 is 2.61 bits per heavy atom. The van der Waals surface area contributed by atoms with Gasteiger partial charge in [-0.3, -0.25) is 9.69 Å². The van der Waals surface area contributed by atoms with Gasteiger partial charge in [-0.05, 0) is 49.6 Å². The van der Waals surface area contributed by atoms with Gasteiger partial charge < -0.3 is 19.9 Å². The Morgan fingerprint density at radius 1 is 1.10 bits per heavy atom. The van der Waals surface area contributed by atoms with Crippen molar-refractivity contribution in [2.45, 2.75) is 43.7 Å². The first-order chi connectivity index (χ1) is 15.0. The van der Waals surface area contributed by atoms with Crippen molar-refractivity contribution in [2.24, 2.45) is 5.92 Å². The van der Waals surface area contributed by atoms with Crippen LogP contribution in [0.1, 0.15) is 43.7 Å². The van der Waals surface area contributed by atoms with Gasteiger partial charge in [0.05, 0.1) is 26.4 Å². The highest BCUT2D eigenvalue weighted by molar-refractivity contribution is 5.92. The molecule has 1 heterocycles.